The number of ether oxygens (including phenoxy) is 1. The van der Waals surface area contributed by atoms with Crippen LogP contribution in [-0.2, 0) is 14.3 Å². The summed E-state index contributed by atoms with van der Waals surface area (Å²) < 4.78 is 5.78. The van der Waals surface area contributed by atoms with Gasteiger partial charge in [0.25, 0.3) is 0 Å². The van der Waals surface area contributed by atoms with Crippen LogP contribution >= 0.6 is 11.6 Å². The third kappa shape index (κ3) is 3.99. The minimum atomic E-state index is -0.769. The van der Waals surface area contributed by atoms with Crippen molar-refractivity contribution < 1.29 is 24.2 Å². The molecule has 4 fully saturated rings. The number of benzene rings is 1. The third-order valence-corrected chi connectivity index (χ3v) is 8.63. The number of hydrogen-bond acceptors (Lipinski definition) is 5. The van der Waals surface area contributed by atoms with E-state index in [0.29, 0.717) is 42.9 Å². The molecular formula is C25H32ClN3O5. The van der Waals surface area contributed by atoms with Crippen molar-refractivity contribution in [2.24, 2.45) is 17.8 Å². The number of urea groups is 1. The molecule has 2 aliphatic heterocycles. The second kappa shape index (κ2) is 9.47. The Labute approximate surface area is 204 Å². The number of imide groups is 1. The molecule has 8 nitrogen and oxygen atoms in total. The van der Waals surface area contributed by atoms with Crippen molar-refractivity contribution in [3.63, 3.8) is 0 Å². The number of carbonyl (C=O) groups excluding carboxylic acids is 2. The van der Waals surface area contributed by atoms with Gasteiger partial charge in [-0.15, -0.1) is 0 Å². The van der Waals surface area contributed by atoms with E-state index in [-0.39, 0.29) is 53.9 Å². The first-order valence-corrected chi connectivity index (χ1v) is 12.7. The van der Waals surface area contributed by atoms with Crippen LogP contribution in [0.5, 0.6) is 0 Å². The number of fused-ring (bicyclic) bond motifs is 3. The second-order valence-corrected chi connectivity index (χ2v) is 10.5. The molecule has 0 spiro atoms. The summed E-state index contributed by atoms with van der Waals surface area (Å²) in [6, 6.07) is 6.32. The Hall–Kier alpha value is -2.16. The minimum Gasteiger partial charge on any atom is -0.481 e. The molecule has 34 heavy (non-hydrogen) atoms. The molecule has 2 saturated carbocycles. The van der Waals surface area contributed by atoms with Crippen LogP contribution in [0.25, 0.3) is 0 Å². The van der Waals surface area contributed by atoms with Crippen molar-refractivity contribution in [2.75, 3.05) is 18.6 Å². The Bertz CT molecular complexity index is 966. The molecule has 0 bridgehead atoms. The van der Waals surface area contributed by atoms with Gasteiger partial charge in [-0.3, -0.25) is 9.59 Å². The van der Waals surface area contributed by atoms with Gasteiger partial charge in [0.15, 0.2) is 0 Å². The van der Waals surface area contributed by atoms with Crippen molar-refractivity contribution in [1.82, 2.24) is 10.2 Å². The van der Waals surface area contributed by atoms with E-state index in [2.05, 4.69) is 5.32 Å². The largest absolute Gasteiger partial charge is 0.481 e. The SMILES string of the molecule is COC1CCCC2C1NCC1C(=O)N(c3cccc(Cl)c3)C(=O)N(C3CCC(C(=O)O)CC3)C12. The molecule has 0 radical (unpaired) electrons. The van der Waals surface area contributed by atoms with E-state index in [4.69, 9.17) is 16.3 Å². The number of aliphatic carboxylic acids is 1. The molecule has 2 N–H and O–H groups in total. The molecule has 2 aliphatic carbocycles. The van der Waals surface area contributed by atoms with Crippen molar-refractivity contribution in [3.05, 3.63) is 29.3 Å². The highest BCUT2D eigenvalue weighted by Gasteiger charge is 2.57. The number of piperidine rings is 1. The van der Waals surface area contributed by atoms with Gasteiger partial charge in [-0.05, 0) is 62.6 Å². The maximum absolute atomic E-state index is 14.1. The molecule has 9 heteroatoms. The van der Waals surface area contributed by atoms with Gasteiger partial charge < -0.3 is 20.1 Å². The number of rotatable bonds is 4. The van der Waals surface area contributed by atoms with E-state index in [1.54, 1.807) is 31.4 Å². The number of anilines is 1. The van der Waals surface area contributed by atoms with Crippen LogP contribution in [0.1, 0.15) is 44.9 Å². The summed E-state index contributed by atoms with van der Waals surface area (Å²) in [6.07, 6.45) is 5.27. The summed E-state index contributed by atoms with van der Waals surface area (Å²) in [4.78, 5) is 42.6. The summed E-state index contributed by atoms with van der Waals surface area (Å²) in [5, 5.41) is 13.5. The Kier molecular flexibility index (Phi) is 6.57. The predicted molar refractivity (Wildman–Crippen MR) is 127 cm³/mol. The summed E-state index contributed by atoms with van der Waals surface area (Å²) in [6.45, 7) is 0.482. The van der Waals surface area contributed by atoms with Crippen LogP contribution in [0.3, 0.4) is 0 Å². The van der Waals surface area contributed by atoms with Crippen LogP contribution in [0.15, 0.2) is 24.3 Å². The second-order valence-electron chi connectivity index (χ2n) is 10.1. The van der Waals surface area contributed by atoms with E-state index >= 15 is 0 Å². The lowest BCUT2D eigenvalue weighted by Gasteiger charge is -2.57. The molecule has 5 rings (SSSR count). The predicted octanol–water partition coefficient (Wildman–Crippen LogP) is 3.52. The van der Waals surface area contributed by atoms with E-state index in [9.17, 15) is 19.5 Å². The summed E-state index contributed by atoms with van der Waals surface area (Å²) in [5.41, 5.74) is 0.478. The van der Waals surface area contributed by atoms with Gasteiger partial charge in [0.1, 0.15) is 0 Å². The fraction of sp³-hybridized carbons (Fsp3) is 0.640. The summed E-state index contributed by atoms with van der Waals surface area (Å²) in [5.74, 6) is -1.59. The zero-order valence-electron chi connectivity index (χ0n) is 19.4. The number of methoxy groups -OCH3 is 1. The molecular weight excluding hydrogens is 458 g/mol. The average Bonchev–Trinajstić information content (AvgIpc) is 2.84. The van der Waals surface area contributed by atoms with Gasteiger partial charge in [-0.1, -0.05) is 24.1 Å². The van der Waals surface area contributed by atoms with Crippen molar-refractivity contribution in [2.45, 2.75) is 69.2 Å². The van der Waals surface area contributed by atoms with Crippen LogP contribution < -0.4 is 10.2 Å². The van der Waals surface area contributed by atoms with Gasteiger partial charge in [0.2, 0.25) is 5.91 Å². The summed E-state index contributed by atoms with van der Waals surface area (Å²) in [7, 11) is 1.73. The first-order chi connectivity index (χ1) is 16.4. The first kappa shape index (κ1) is 23.6. The van der Waals surface area contributed by atoms with Crippen molar-refractivity contribution in [3.8, 4) is 0 Å². The highest BCUT2D eigenvalue weighted by molar-refractivity contribution is 6.31. The number of amides is 3. The molecule has 5 unspecified atom stereocenters. The standard InChI is InChI=1S/C25H32ClN3O5/c1-34-20-7-3-6-18-21(20)27-13-19-22(18)28(16-10-8-14(9-11-16)24(31)32)25(33)29(23(19)30)17-5-2-4-15(26)12-17/h2,4-5,12,14,16,18-22,27H,3,6-11,13H2,1H3,(H,31,32). The van der Waals surface area contributed by atoms with Crippen molar-refractivity contribution >= 4 is 35.2 Å². The Morgan fingerprint density at radius 3 is 2.59 bits per heavy atom. The van der Waals surface area contributed by atoms with E-state index in [1.807, 2.05) is 4.90 Å². The van der Waals surface area contributed by atoms with Crippen LogP contribution in [-0.4, -0.2) is 65.8 Å². The highest BCUT2D eigenvalue weighted by Crippen LogP contribution is 2.44. The van der Waals surface area contributed by atoms with Gasteiger partial charge in [-0.25, -0.2) is 9.69 Å². The number of halogens is 1. The van der Waals surface area contributed by atoms with Crippen molar-refractivity contribution in [1.29, 1.82) is 0 Å². The number of carbonyl (C=O) groups is 3. The monoisotopic (exact) mass is 489 g/mol. The minimum absolute atomic E-state index is 0.0560. The Balaban J connectivity index is 1.52. The first-order valence-electron chi connectivity index (χ1n) is 12.3. The molecule has 2 heterocycles. The molecule has 1 aromatic carbocycles. The molecule has 0 aromatic heterocycles. The normalized spacial score (nSPS) is 36.1. The van der Waals surface area contributed by atoms with Crippen LogP contribution in [0.2, 0.25) is 5.02 Å². The lowest BCUT2D eigenvalue weighted by atomic mass is 9.68. The number of nitrogens with zero attached hydrogens (tertiary/aromatic N) is 2. The van der Waals surface area contributed by atoms with Crippen LogP contribution in [0.4, 0.5) is 10.5 Å². The highest BCUT2D eigenvalue weighted by atomic mass is 35.5. The zero-order valence-corrected chi connectivity index (χ0v) is 20.1. The molecule has 2 saturated heterocycles. The van der Waals surface area contributed by atoms with E-state index in [0.717, 1.165) is 19.3 Å². The fourth-order valence-electron chi connectivity index (χ4n) is 6.79. The fourth-order valence-corrected chi connectivity index (χ4v) is 6.98. The Morgan fingerprint density at radius 1 is 1.15 bits per heavy atom. The maximum atomic E-state index is 14.1. The molecule has 184 valence electrons. The van der Waals surface area contributed by atoms with Gasteiger partial charge >= 0.3 is 12.0 Å². The van der Waals surface area contributed by atoms with Gasteiger partial charge in [-0.2, -0.15) is 0 Å². The van der Waals surface area contributed by atoms with Crippen LogP contribution in [0, 0.1) is 17.8 Å². The average molecular weight is 490 g/mol. The number of carboxylic acids is 1. The Morgan fingerprint density at radius 2 is 1.91 bits per heavy atom. The quantitative estimate of drug-likeness (QED) is 0.671. The van der Waals surface area contributed by atoms with E-state index in [1.165, 1.54) is 4.90 Å². The lowest BCUT2D eigenvalue weighted by Crippen LogP contribution is -2.74. The van der Waals surface area contributed by atoms with Gasteiger partial charge in [0, 0.05) is 30.8 Å². The number of carboxylic acid groups (broad SMARTS) is 1. The molecule has 4 aliphatic rings. The molecule has 5 atom stereocenters. The number of nitrogens with one attached hydrogen (secondary N) is 1. The summed E-state index contributed by atoms with van der Waals surface area (Å²) >= 11 is 6.21. The maximum Gasteiger partial charge on any atom is 0.331 e. The van der Waals surface area contributed by atoms with E-state index < -0.39 is 5.97 Å². The topological polar surface area (TPSA) is 99.2 Å². The molecule has 3 amide bonds. The number of hydrogen-bond donors (Lipinski definition) is 2. The molecule has 1 aromatic rings. The smallest absolute Gasteiger partial charge is 0.331 e. The third-order valence-electron chi connectivity index (χ3n) is 8.39. The lowest BCUT2D eigenvalue weighted by molar-refractivity contribution is -0.143. The zero-order chi connectivity index (χ0) is 24.0. The van der Waals surface area contributed by atoms with Gasteiger partial charge in [0.05, 0.1) is 29.7 Å².